The molecule has 0 amide bonds. The molecule has 0 aliphatic carbocycles. The van der Waals surface area contributed by atoms with Crippen molar-refractivity contribution in [2.45, 2.75) is 78.4 Å². The summed E-state index contributed by atoms with van der Waals surface area (Å²) in [5.41, 5.74) is 0. The number of aryl methyl sites for hydroxylation is 2. The standard InChI is InChI=1S/C8H16O.C8H12O/c2*1-3-7-5-6-8(4-2)9-7/h7-8H,3-6H2,1-2H3;5-6H,3-4H2,1-2H3. The highest BCUT2D eigenvalue weighted by molar-refractivity contribution is 5.06. The summed E-state index contributed by atoms with van der Waals surface area (Å²) >= 11 is 0. The maximum atomic E-state index is 5.66. The van der Waals surface area contributed by atoms with Crippen molar-refractivity contribution in [2.24, 2.45) is 0 Å². The molecule has 2 nitrogen and oxygen atoms in total. The maximum absolute atomic E-state index is 5.66. The van der Waals surface area contributed by atoms with Gasteiger partial charge in [-0.25, -0.2) is 0 Å². The van der Waals surface area contributed by atoms with E-state index in [0.29, 0.717) is 12.2 Å². The minimum atomic E-state index is 0.579. The highest BCUT2D eigenvalue weighted by atomic mass is 16.5. The summed E-state index contributed by atoms with van der Waals surface area (Å²) in [7, 11) is 0. The van der Waals surface area contributed by atoms with Crippen LogP contribution in [0, 0.1) is 0 Å². The van der Waals surface area contributed by atoms with E-state index in [2.05, 4.69) is 27.7 Å². The first-order valence-corrected chi connectivity index (χ1v) is 7.46. The summed E-state index contributed by atoms with van der Waals surface area (Å²) in [5.74, 6) is 2.18. The second kappa shape index (κ2) is 8.36. The molecule has 0 saturated carbocycles. The molecule has 0 spiro atoms. The average Bonchev–Trinajstić information content (AvgIpc) is 3.07. The fourth-order valence-electron chi connectivity index (χ4n) is 2.18. The predicted molar refractivity (Wildman–Crippen MR) is 75.9 cm³/mol. The normalized spacial score (nSPS) is 22.7. The van der Waals surface area contributed by atoms with Gasteiger partial charge in [0.15, 0.2) is 0 Å². The Labute approximate surface area is 112 Å². The van der Waals surface area contributed by atoms with E-state index in [1.807, 2.05) is 12.1 Å². The number of hydrogen-bond acceptors (Lipinski definition) is 2. The smallest absolute Gasteiger partial charge is 0.103 e. The largest absolute Gasteiger partial charge is 0.466 e. The lowest BCUT2D eigenvalue weighted by Gasteiger charge is -2.08. The predicted octanol–water partition coefficient (Wildman–Crippen LogP) is 4.76. The van der Waals surface area contributed by atoms with Crippen molar-refractivity contribution in [1.82, 2.24) is 0 Å². The molecule has 1 aliphatic heterocycles. The Kier molecular flexibility index (Phi) is 7.11. The van der Waals surface area contributed by atoms with Crippen LogP contribution in [-0.2, 0) is 17.6 Å². The van der Waals surface area contributed by atoms with Crippen molar-refractivity contribution in [3.8, 4) is 0 Å². The molecule has 18 heavy (non-hydrogen) atoms. The molecule has 1 fully saturated rings. The van der Waals surface area contributed by atoms with E-state index in [-0.39, 0.29) is 0 Å². The average molecular weight is 252 g/mol. The van der Waals surface area contributed by atoms with E-state index in [1.54, 1.807) is 0 Å². The van der Waals surface area contributed by atoms with Crippen LogP contribution in [0.2, 0.25) is 0 Å². The Morgan fingerprint density at radius 1 is 0.889 bits per heavy atom. The molecule has 0 N–H and O–H groups in total. The SMILES string of the molecule is CCC1CCC(CC)O1.CCc1ccc(CC)o1. The first-order valence-electron chi connectivity index (χ1n) is 7.46. The molecule has 0 radical (unpaired) electrons. The third kappa shape index (κ3) is 4.85. The Morgan fingerprint density at radius 2 is 1.33 bits per heavy atom. The van der Waals surface area contributed by atoms with Gasteiger partial charge in [0.25, 0.3) is 0 Å². The second-order valence-electron chi connectivity index (χ2n) is 4.85. The molecule has 1 aromatic rings. The van der Waals surface area contributed by atoms with Crippen molar-refractivity contribution >= 4 is 0 Å². The first-order chi connectivity index (χ1) is 8.73. The van der Waals surface area contributed by atoms with Crippen LogP contribution in [0.3, 0.4) is 0 Å². The third-order valence-corrected chi connectivity index (χ3v) is 3.52. The van der Waals surface area contributed by atoms with Gasteiger partial charge in [-0.05, 0) is 37.8 Å². The van der Waals surface area contributed by atoms with E-state index in [1.165, 1.54) is 25.7 Å². The number of ether oxygens (including phenoxy) is 1. The number of hydrogen-bond donors (Lipinski definition) is 0. The van der Waals surface area contributed by atoms with Gasteiger partial charge in [-0.1, -0.05) is 27.7 Å². The summed E-state index contributed by atoms with van der Waals surface area (Å²) in [5, 5.41) is 0. The first kappa shape index (κ1) is 15.3. The van der Waals surface area contributed by atoms with Crippen molar-refractivity contribution < 1.29 is 9.15 Å². The van der Waals surface area contributed by atoms with Gasteiger partial charge in [0, 0.05) is 12.8 Å². The van der Waals surface area contributed by atoms with Crippen LogP contribution in [0.25, 0.3) is 0 Å². The van der Waals surface area contributed by atoms with Gasteiger partial charge in [-0.3, -0.25) is 0 Å². The fourth-order valence-corrected chi connectivity index (χ4v) is 2.18. The monoisotopic (exact) mass is 252 g/mol. The summed E-state index contributed by atoms with van der Waals surface area (Å²) in [6.07, 6.45) is 8.11. The maximum Gasteiger partial charge on any atom is 0.103 e. The van der Waals surface area contributed by atoms with Crippen LogP contribution in [0.15, 0.2) is 16.5 Å². The van der Waals surface area contributed by atoms with Gasteiger partial charge in [0.1, 0.15) is 11.5 Å². The molecule has 2 atom stereocenters. The van der Waals surface area contributed by atoms with Crippen molar-refractivity contribution in [2.75, 3.05) is 0 Å². The molecular formula is C16H28O2. The zero-order valence-electron chi connectivity index (χ0n) is 12.4. The minimum Gasteiger partial charge on any atom is -0.466 e. The number of furan rings is 1. The zero-order valence-corrected chi connectivity index (χ0v) is 12.4. The van der Waals surface area contributed by atoms with E-state index in [9.17, 15) is 0 Å². The summed E-state index contributed by atoms with van der Waals surface area (Å²) in [4.78, 5) is 0. The minimum absolute atomic E-state index is 0.579. The van der Waals surface area contributed by atoms with Gasteiger partial charge in [-0.2, -0.15) is 0 Å². The fraction of sp³-hybridized carbons (Fsp3) is 0.750. The molecule has 2 heteroatoms. The second-order valence-corrected chi connectivity index (χ2v) is 4.85. The van der Waals surface area contributed by atoms with Gasteiger partial charge in [-0.15, -0.1) is 0 Å². The summed E-state index contributed by atoms with van der Waals surface area (Å²) in [6, 6.07) is 4.08. The van der Waals surface area contributed by atoms with E-state index in [0.717, 1.165) is 24.4 Å². The van der Waals surface area contributed by atoms with Gasteiger partial charge < -0.3 is 9.15 Å². The molecule has 1 aromatic heterocycles. The molecule has 2 unspecified atom stereocenters. The van der Waals surface area contributed by atoms with E-state index in [4.69, 9.17) is 9.15 Å². The topological polar surface area (TPSA) is 22.4 Å². The highest BCUT2D eigenvalue weighted by Gasteiger charge is 2.21. The molecule has 2 rings (SSSR count). The molecule has 104 valence electrons. The number of rotatable bonds is 4. The van der Waals surface area contributed by atoms with E-state index >= 15 is 0 Å². The summed E-state index contributed by atoms with van der Waals surface area (Å²) < 4.78 is 11.0. The zero-order chi connectivity index (χ0) is 13.4. The van der Waals surface area contributed by atoms with Crippen LogP contribution in [0.4, 0.5) is 0 Å². The Morgan fingerprint density at radius 3 is 1.56 bits per heavy atom. The molecule has 2 heterocycles. The Hall–Kier alpha value is -0.760. The third-order valence-electron chi connectivity index (χ3n) is 3.52. The van der Waals surface area contributed by atoms with Crippen molar-refractivity contribution in [3.63, 3.8) is 0 Å². The lowest BCUT2D eigenvalue weighted by Crippen LogP contribution is -2.08. The van der Waals surface area contributed by atoms with Crippen LogP contribution < -0.4 is 0 Å². The highest BCUT2D eigenvalue weighted by Crippen LogP contribution is 2.23. The molecule has 1 aliphatic rings. The van der Waals surface area contributed by atoms with Crippen LogP contribution in [-0.4, -0.2) is 12.2 Å². The molecule has 1 saturated heterocycles. The van der Waals surface area contributed by atoms with Gasteiger partial charge >= 0.3 is 0 Å². The lowest BCUT2D eigenvalue weighted by molar-refractivity contribution is 0.0416. The lowest BCUT2D eigenvalue weighted by atomic mass is 10.1. The van der Waals surface area contributed by atoms with Gasteiger partial charge in [0.05, 0.1) is 12.2 Å². The molecule has 0 aromatic carbocycles. The molecule has 0 bridgehead atoms. The van der Waals surface area contributed by atoms with Crippen LogP contribution in [0.5, 0.6) is 0 Å². The Bertz CT molecular complexity index is 288. The van der Waals surface area contributed by atoms with E-state index < -0.39 is 0 Å². The van der Waals surface area contributed by atoms with Crippen LogP contribution in [0.1, 0.15) is 64.9 Å². The van der Waals surface area contributed by atoms with Gasteiger partial charge in [0.2, 0.25) is 0 Å². The van der Waals surface area contributed by atoms with Crippen molar-refractivity contribution in [1.29, 1.82) is 0 Å². The molecular weight excluding hydrogens is 224 g/mol. The quantitative estimate of drug-likeness (QED) is 0.771. The van der Waals surface area contributed by atoms with Crippen LogP contribution >= 0.6 is 0 Å². The van der Waals surface area contributed by atoms with Crippen molar-refractivity contribution in [3.05, 3.63) is 23.7 Å². The summed E-state index contributed by atoms with van der Waals surface area (Å²) in [6.45, 7) is 8.59. The Balaban J connectivity index is 0.000000180.